The molecule has 1 saturated heterocycles. The van der Waals surface area contributed by atoms with Gasteiger partial charge in [-0.3, -0.25) is 14.5 Å². The number of nitrogens with one attached hydrogen (secondary N) is 2. The minimum absolute atomic E-state index is 0.0378. The van der Waals surface area contributed by atoms with Crippen molar-refractivity contribution in [3.8, 4) is 0 Å². The van der Waals surface area contributed by atoms with Gasteiger partial charge in [-0.15, -0.1) is 0 Å². The van der Waals surface area contributed by atoms with Crippen molar-refractivity contribution >= 4 is 52.4 Å². The van der Waals surface area contributed by atoms with Crippen molar-refractivity contribution < 1.29 is 18.7 Å². The third-order valence-corrected chi connectivity index (χ3v) is 6.29. The van der Waals surface area contributed by atoms with Gasteiger partial charge in [0, 0.05) is 31.5 Å². The summed E-state index contributed by atoms with van der Waals surface area (Å²) in [4.78, 5) is 41.0. The lowest BCUT2D eigenvalue weighted by Gasteiger charge is -2.26. The molecule has 180 valence electrons. The van der Waals surface area contributed by atoms with Crippen molar-refractivity contribution in [2.45, 2.75) is 6.92 Å². The number of nitrogens with zero attached hydrogens (tertiary/aromatic N) is 4. The van der Waals surface area contributed by atoms with E-state index in [0.29, 0.717) is 66.2 Å². The molecule has 2 aliphatic heterocycles. The van der Waals surface area contributed by atoms with Crippen LogP contribution >= 0.6 is 11.6 Å². The molecule has 4 heterocycles. The fraction of sp³-hybridized carbons (Fsp3) is 0.250. The molecule has 5 rings (SSSR count). The lowest BCUT2D eigenvalue weighted by Crippen LogP contribution is -2.40. The number of fused-ring (bicyclic) bond motifs is 1. The topological polar surface area (TPSA) is 103 Å². The van der Waals surface area contributed by atoms with E-state index in [-0.39, 0.29) is 16.8 Å². The second kappa shape index (κ2) is 9.12. The molecule has 1 fully saturated rings. The molecule has 0 spiro atoms. The molecule has 3 aromatic rings. The van der Waals surface area contributed by atoms with Crippen molar-refractivity contribution in [1.82, 2.24) is 19.9 Å². The molecule has 2 aromatic heterocycles. The Morgan fingerprint density at radius 3 is 2.77 bits per heavy atom. The van der Waals surface area contributed by atoms with E-state index < -0.39 is 5.82 Å². The van der Waals surface area contributed by atoms with E-state index in [1.165, 1.54) is 29.4 Å². The summed E-state index contributed by atoms with van der Waals surface area (Å²) >= 11 is 5.92. The number of aromatic nitrogens is 3. The van der Waals surface area contributed by atoms with Crippen LogP contribution in [0, 0.1) is 12.7 Å². The van der Waals surface area contributed by atoms with Crippen LogP contribution in [0.3, 0.4) is 0 Å². The molecule has 0 saturated carbocycles. The van der Waals surface area contributed by atoms with Gasteiger partial charge in [0.15, 0.2) is 0 Å². The maximum Gasteiger partial charge on any atom is 0.270 e. The van der Waals surface area contributed by atoms with E-state index in [1.54, 1.807) is 24.1 Å². The molecule has 35 heavy (non-hydrogen) atoms. The maximum atomic E-state index is 13.6. The van der Waals surface area contributed by atoms with Crippen LogP contribution in [-0.2, 0) is 9.53 Å². The predicted molar refractivity (Wildman–Crippen MR) is 130 cm³/mol. The van der Waals surface area contributed by atoms with Gasteiger partial charge in [0.2, 0.25) is 0 Å². The number of carbonyl (C=O) groups is 2. The molecular formula is C24H22ClFN6O3. The van der Waals surface area contributed by atoms with Gasteiger partial charge in [-0.1, -0.05) is 11.6 Å². The number of hydrogen-bond acceptors (Lipinski definition) is 6. The number of morpholine rings is 1. The molecule has 0 unspecified atom stereocenters. The lowest BCUT2D eigenvalue weighted by atomic mass is 10.1. The van der Waals surface area contributed by atoms with Crippen LogP contribution in [0.15, 0.2) is 30.6 Å². The fourth-order valence-corrected chi connectivity index (χ4v) is 4.30. The number of rotatable bonds is 4. The molecule has 2 amide bonds. The van der Waals surface area contributed by atoms with E-state index in [1.807, 2.05) is 6.92 Å². The molecule has 1 aromatic carbocycles. The van der Waals surface area contributed by atoms with Gasteiger partial charge in [-0.25, -0.2) is 14.4 Å². The normalized spacial score (nSPS) is 16.7. The van der Waals surface area contributed by atoms with Crippen LogP contribution in [0.2, 0.25) is 5.02 Å². The summed E-state index contributed by atoms with van der Waals surface area (Å²) < 4.78 is 18.9. The monoisotopic (exact) mass is 496 g/mol. The van der Waals surface area contributed by atoms with Gasteiger partial charge in [0.05, 0.1) is 29.4 Å². The number of carbonyl (C=O) groups excluding carboxylic acids is 2. The third kappa shape index (κ3) is 4.26. The van der Waals surface area contributed by atoms with Gasteiger partial charge in [-0.2, -0.15) is 0 Å². The Labute approximate surface area is 205 Å². The molecule has 9 nitrogen and oxygen atoms in total. The smallest absolute Gasteiger partial charge is 0.270 e. The lowest BCUT2D eigenvalue weighted by molar-refractivity contribution is -0.112. The summed E-state index contributed by atoms with van der Waals surface area (Å²) in [5.74, 6) is -0.118. The number of aromatic amines is 1. The number of aryl methyl sites for hydroxylation is 1. The summed E-state index contributed by atoms with van der Waals surface area (Å²) in [6, 6.07) is 5.98. The summed E-state index contributed by atoms with van der Waals surface area (Å²) in [6.45, 7) is 3.95. The molecule has 0 aliphatic carbocycles. The average molecular weight is 497 g/mol. The second-order valence-electron chi connectivity index (χ2n) is 8.28. The molecule has 2 N–H and O–H groups in total. The number of likely N-dealkylation sites (N-methyl/N-ethyl adjacent to an activating group) is 1. The minimum atomic E-state index is -0.537. The van der Waals surface area contributed by atoms with Crippen LogP contribution in [0.5, 0.6) is 0 Å². The van der Waals surface area contributed by atoms with Crippen LogP contribution in [0.25, 0.3) is 11.6 Å². The molecule has 0 atom stereocenters. The summed E-state index contributed by atoms with van der Waals surface area (Å²) in [5.41, 5.74) is 3.25. The number of halogens is 2. The first kappa shape index (κ1) is 23.0. The number of hydrogen-bond donors (Lipinski definition) is 2. The highest BCUT2D eigenvalue weighted by molar-refractivity contribution is 6.36. The van der Waals surface area contributed by atoms with E-state index in [9.17, 15) is 14.0 Å². The van der Waals surface area contributed by atoms with Crippen molar-refractivity contribution in [2.75, 3.05) is 43.6 Å². The van der Waals surface area contributed by atoms with Gasteiger partial charge in [-0.05, 0) is 42.8 Å². The van der Waals surface area contributed by atoms with Crippen molar-refractivity contribution in [3.63, 3.8) is 0 Å². The summed E-state index contributed by atoms with van der Waals surface area (Å²) in [6.07, 6.45) is 3.04. The molecular weight excluding hydrogens is 475 g/mol. The number of H-pyrrole nitrogens is 1. The Morgan fingerprint density at radius 2 is 2.03 bits per heavy atom. The van der Waals surface area contributed by atoms with E-state index in [4.69, 9.17) is 16.3 Å². The average Bonchev–Trinajstić information content (AvgIpc) is 3.35. The number of anilines is 3. The minimum Gasteiger partial charge on any atom is -0.378 e. The SMILES string of the molecule is Cc1cc(C(=O)N2CCOCC2)[nH]c1C=C1C(=O)N(C)c2ncnc(Nc3ccc(F)c(Cl)c3)c21. The second-order valence-corrected chi connectivity index (χ2v) is 8.69. The Hall–Kier alpha value is -3.76. The van der Waals surface area contributed by atoms with Crippen LogP contribution in [0.4, 0.5) is 21.7 Å². The largest absolute Gasteiger partial charge is 0.378 e. The molecule has 11 heteroatoms. The maximum absolute atomic E-state index is 13.6. The molecule has 0 radical (unpaired) electrons. The van der Waals surface area contributed by atoms with Crippen molar-refractivity contribution in [3.05, 3.63) is 63.9 Å². The molecule has 2 aliphatic rings. The van der Waals surface area contributed by atoms with Gasteiger partial charge in [0.1, 0.15) is 29.5 Å². The zero-order valence-electron chi connectivity index (χ0n) is 19.1. The van der Waals surface area contributed by atoms with E-state index in [2.05, 4.69) is 20.3 Å². The zero-order valence-corrected chi connectivity index (χ0v) is 19.8. The molecule has 0 bridgehead atoms. The predicted octanol–water partition coefficient (Wildman–Crippen LogP) is 3.64. The summed E-state index contributed by atoms with van der Waals surface area (Å²) in [7, 11) is 1.63. The van der Waals surface area contributed by atoms with Crippen molar-refractivity contribution in [2.24, 2.45) is 0 Å². The standard InChI is InChI=1S/C24H22ClFN6O3/c1-13-9-19(24(34)32-5-7-35-8-6-32)30-18(13)11-15-20-21(27-12-28-22(20)31(2)23(15)33)29-14-3-4-17(26)16(25)10-14/h3-4,9-12,30H,5-8H2,1-2H3,(H,27,28,29). The van der Waals surface area contributed by atoms with Gasteiger partial charge >= 0.3 is 0 Å². The van der Waals surface area contributed by atoms with Gasteiger partial charge < -0.3 is 19.9 Å². The number of ether oxygens (including phenoxy) is 1. The van der Waals surface area contributed by atoms with Gasteiger partial charge in [0.25, 0.3) is 11.8 Å². The Bertz CT molecular complexity index is 1370. The summed E-state index contributed by atoms with van der Waals surface area (Å²) in [5, 5.41) is 3.07. The van der Waals surface area contributed by atoms with Crippen LogP contribution in [-0.4, -0.2) is 65.0 Å². The fourth-order valence-electron chi connectivity index (χ4n) is 4.12. The van der Waals surface area contributed by atoms with Crippen LogP contribution in [0.1, 0.15) is 27.3 Å². The Kier molecular flexibility index (Phi) is 6.00. The first-order valence-electron chi connectivity index (χ1n) is 11.0. The first-order valence-corrected chi connectivity index (χ1v) is 11.3. The highest BCUT2D eigenvalue weighted by Crippen LogP contribution is 2.40. The highest BCUT2D eigenvalue weighted by atomic mass is 35.5. The zero-order chi connectivity index (χ0) is 24.7. The van der Waals surface area contributed by atoms with Crippen molar-refractivity contribution in [1.29, 1.82) is 0 Å². The van der Waals surface area contributed by atoms with Crippen LogP contribution < -0.4 is 10.2 Å². The van der Waals surface area contributed by atoms with E-state index in [0.717, 1.165) is 5.56 Å². The first-order chi connectivity index (χ1) is 16.8. The Morgan fingerprint density at radius 1 is 1.26 bits per heavy atom. The Balaban J connectivity index is 1.52. The quantitative estimate of drug-likeness (QED) is 0.534. The highest BCUT2D eigenvalue weighted by Gasteiger charge is 2.34. The number of amides is 2. The third-order valence-electron chi connectivity index (χ3n) is 6.00. The van der Waals surface area contributed by atoms with E-state index >= 15 is 0 Å². The number of benzene rings is 1.